The summed E-state index contributed by atoms with van der Waals surface area (Å²) < 4.78 is 4.56. The molecule has 0 aliphatic rings. The molecule has 1 amide bonds. The molecule has 0 unspecified atom stereocenters. The van der Waals surface area contributed by atoms with E-state index in [9.17, 15) is 9.59 Å². The van der Waals surface area contributed by atoms with Crippen LogP contribution in [0.5, 0.6) is 0 Å². The number of ether oxygens (including phenoxy) is 1. The Balaban J connectivity index is 1.66. The van der Waals surface area contributed by atoms with E-state index in [1.807, 2.05) is 24.4 Å². The highest BCUT2D eigenvalue weighted by molar-refractivity contribution is 5.83. The summed E-state index contributed by atoms with van der Waals surface area (Å²) in [7, 11) is 1.37. The van der Waals surface area contributed by atoms with Crippen LogP contribution in [0.2, 0.25) is 0 Å². The summed E-state index contributed by atoms with van der Waals surface area (Å²) in [6, 6.07) is 8.13. The van der Waals surface area contributed by atoms with Gasteiger partial charge in [0.15, 0.2) is 0 Å². The monoisotopic (exact) mass is 302 g/mol. The van der Waals surface area contributed by atoms with Crippen LogP contribution in [0.3, 0.4) is 0 Å². The molecule has 0 spiro atoms. The van der Waals surface area contributed by atoms with Crippen LogP contribution in [0.25, 0.3) is 10.9 Å². The Morgan fingerprint density at radius 1 is 1.18 bits per heavy atom. The second-order valence-corrected chi connectivity index (χ2v) is 5.24. The Morgan fingerprint density at radius 3 is 2.77 bits per heavy atom. The number of hydrogen-bond acceptors (Lipinski definition) is 3. The van der Waals surface area contributed by atoms with Gasteiger partial charge >= 0.3 is 5.97 Å². The third kappa shape index (κ3) is 4.62. The fourth-order valence-corrected chi connectivity index (χ4v) is 2.42. The van der Waals surface area contributed by atoms with Crippen molar-refractivity contribution in [2.75, 3.05) is 13.7 Å². The lowest BCUT2D eigenvalue weighted by Gasteiger charge is -2.05. The molecule has 118 valence electrons. The molecule has 0 saturated carbocycles. The molecule has 2 aromatic rings. The fourth-order valence-electron chi connectivity index (χ4n) is 2.42. The van der Waals surface area contributed by atoms with Crippen molar-refractivity contribution in [3.8, 4) is 0 Å². The van der Waals surface area contributed by atoms with Gasteiger partial charge in [0.05, 0.1) is 7.11 Å². The highest BCUT2D eigenvalue weighted by Crippen LogP contribution is 2.17. The van der Waals surface area contributed by atoms with Crippen LogP contribution in [0.15, 0.2) is 30.5 Å². The zero-order valence-corrected chi connectivity index (χ0v) is 12.9. The van der Waals surface area contributed by atoms with Crippen LogP contribution >= 0.6 is 0 Å². The Hall–Kier alpha value is -2.30. The van der Waals surface area contributed by atoms with Crippen molar-refractivity contribution in [2.45, 2.75) is 32.1 Å². The number of fused-ring (bicyclic) bond motifs is 1. The average Bonchev–Trinajstić information content (AvgIpc) is 2.95. The van der Waals surface area contributed by atoms with E-state index in [1.165, 1.54) is 18.1 Å². The number of aromatic amines is 1. The van der Waals surface area contributed by atoms with Gasteiger partial charge in [0.2, 0.25) is 5.91 Å². The van der Waals surface area contributed by atoms with Crippen LogP contribution in [0.4, 0.5) is 0 Å². The van der Waals surface area contributed by atoms with Crippen LogP contribution in [-0.2, 0) is 20.7 Å². The van der Waals surface area contributed by atoms with Crippen LogP contribution in [0.1, 0.15) is 31.2 Å². The number of unbranched alkanes of at least 4 members (excludes halogenated alkanes) is 1. The van der Waals surface area contributed by atoms with Gasteiger partial charge < -0.3 is 15.0 Å². The Labute approximate surface area is 130 Å². The van der Waals surface area contributed by atoms with E-state index in [0.29, 0.717) is 32.2 Å². The molecule has 0 atom stereocenters. The summed E-state index contributed by atoms with van der Waals surface area (Å²) in [5.41, 5.74) is 2.33. The minimum absolute atomic E-state index is 0.0321. The summed E-state index contributed by atoms with van der Waals surface area (Å²) in [6.07, 6.45) is 5.01. The summed E-state index contributed by atoms with van der Waals surface area (Å²) in [5, 5.41) is 4.12. The SMILES string of the molecule is COC(=O)CCCCC(=O)NCCc1c[nH]c2ccccc12. The lowest BCUT2D eigenvalue weighted by molar-refractivity contribution is -0.140. The highest BCUT2D eigenvalue weighted by Gasteiger charge is 2.05. The first-order valence-corrected chi connectivity index (χ1v) is 7.59. The average molecular weight is 302 g/mol. The molecule has 2 N–H and O–H groups in total. The molecule has 2 rings (SSSR count). The van der Waals surface area contributed by atoms with E-state index in [0.717, 1.165) is 11.9 Å². The van der Waals surface area contributed by atoms with E-state index in [1.54, 1.807) is 0 Å². The molecule has 0 saturated heterocycles. The minimum atomic E-state index is -0.222. The van der Waals surface area contributed by atoms with Crippen molar-refractivity contribution in [2.24, 2.45) is 0 Å². The van der Waals surface area contributed by atoms with E-state index in [2.05, 4.69) is 21.1 Å². The maximum Gasteiger partial charge on any atom is 0.305 e. The minimum Gasteiger partial charge on any atom is -0.469 e. The topological polar surface area (TPSA) is 71.2 Å². The van der Waals surface area contributed by atoms with Crippen LogP contribution in [0, 0.1) is 0 Å². The normalized spacial score (nSPS) is 10.6. The van der Waals surface area contributed by atoms with Gasteiger partial charge in [-0.2, -0.15) is 0 Å². The van der Waals surface area contributed by atoms with Crippen LogP contribution in [-0.4, -0.2) is 30.5 Å². The van der Waals surface area contributed by atoms with Crippen molar-refractivity contribution in [1.82, 2.24) is 10.3 Å². The molecule has 22 heavy (non-hydrogen) atoms. The number of methoxy groups -OCH3 is 1. The van der Waals surface area contributed by atoms with Crippen molar-refractivity contribution in [3.63, 3.8) is 0 Å². The van der Waals surface area contributed by atoms with Gasteiger partial charge in [-0.15, -0.1) is 0 Å². The molecular weight excluding hydrogens is 280 g/mol. The van der Waals surface area contributed by atoms with Gasteiger partial charge in [-0.1, -0.05) is 18.2 Å². The maximum absolute atomic E-state index is 11.7. The zero-order valence-electron chi connectivity index (χ0n) is 12.9. The Bertz CT molecular complexity index is 634. The van der Waals surface area contributed by atoms with E-state index in [4.69, 9.17) is 0 Å². The second kappa shape index (κ2) is 8.22. The first kappa shape index (κ1) is 16.1. The predicted octanol–water partition coefficient (Wildman–Crippen LogP) is 2.56. The largest absolute Gasteiger partial charge is 0.469 e. The number of hydrogen-bond donors (Lipinski definition) is 2. The third-order valence-corrected chi connectivity index (χ3v) is 3.65. The molecule has 0 aliphatic heterocycles. The van der Waals surface area contributed by atoms with Crippen molar-refractivity contribution >= 4 is 22.8 Å². The molecule has 5 nitrogen and oxygen atoms in total. The lowest BCUT2D eigenvalue weighted by atomic mass is 10.1. The third-order valence-electron chi connectivity index (χ3n) is 3.65. The number of benzene rings is 1. The Kier molecular flexibility index (Phi) is 6.01. The summed E-state index contributed by atoms with van der Waals surface area (Å²) in [5.74, 6) is -0.190. The van der Waals surface area contributed by atoms with Gasteiger partial charge in [-0.3, -0.25) is 9.59 Å². The summed E-state index contributed by atoms with van der Waals surface area (Å²) in [6.45, 7) is 0.623. The number of amides is 1. The number of rotatable bonds is 8. The van der Waals surface area contributed by atoms with Gasteiger partial charge in [0, 0.05) is 36.5 Å². The molecule has 1 aromatic carbocycles. The number of H-pyrrole nitrogens is 1. The first-order chi connectivity index (χ1) is 10.7. The van der Waals surface area contributed by atoms with Gasteiger partial charge in [-0.25, -0.2) is 0 Å². The van der Waals surface area contributed by atoms with Gasteiger partial charge in [0.1, 0.15) is 0 Å². The highest BCUT2D eigenvalue weighted by atomic mass is 16.5. The number of esters is 1. The molecular formula is C17H22N2O3. The number of carbonyl (C=O) groups excluding carboxylic acids is 2. The molecule has 0 radical (unpaired) electrons. The molecule has 5 heteroatoms. The standard InChI is InChI=1S/C17H22N2O3/c1-22-17(21)9-5-4-8-16(20)18-11-10-13-12-19-15-7-3-2-6-14(13)15/h2-3,6-7,12,19H,4-5,8-11H2,1H3,(H,18,20). The Morgan fingerprint density at radius 2 is 1.95 bits per heavy atom. The number of nitrogens with one attached hydrogen (secondary N) is 2. The molecule has 0 aliphatic carbocycles. The quantitative estimate of drug-likeness (QED) is 0.581. The van der Waals surface area contributed by atoms with E-state index >= 15 is 0 Å². The molecule has 1 aromatic heterocycles. The van der Waals surface area contributed by atoms with Gasteiger partial charge in [0.25, 0.3) is 0 Å². The second-order valence-electron chi connectivity index (χ2n) is 5.24. The maximum atomic E-state index is 11.7. The van der Waals surface area contributed by atoms with Gasteiger partial charge in [-0.05, 0) is 30.9 Å². The smallest absolute Gasteiger partial charge is 0.305 e. The van der Waals surface area contributed by atoms with Crippen molar-refractivity contribution in [3.05, 3.63) is 36.0 Å². The van der Waals surface area contributed by atoms with E-state index < -0.39 is 0 Å². The molecule has 0 fully saturated rings. The number of carbonyl (C=O) groups is 2. The number of para-hydroxylation sites is 1. The molecule has 0 bridgehead atoms. The van der Waals surface area contributed by atoms with Crippen LogP contribution < -0.4 is 5.32 Å². The van der Waals surface area contributed by atoms with E-state index in [-0.39, 0.29) is 11.9 Å². The molecule has 1 heterocycles. The lowest BCUT2D eigenvalue weighted by Crippen LogP contribution is -2.25. The zero-order chi connectivity index (χ0) is 15.8. The summed E-state index contributed by atoms with van der Waals surface area (Å²) in [4.78, 5) is 25.9. The summed E-state index contributed by atoms with van der Waals surface area (Å²) >= 11 is 0. The van der Waals surface area contributed by atoms with Crippen molar-refractivity contribution in [1.29, 1.82) is 0 Å². The predicted molar refractivity (Wildman–Crippen MR) is 85.5 cm³/mol. The fraction of sp³-hybridized carbons (Fsp3) is 0.412. The first-order valence-electron chi connectivity index (χ1n) is 7.59. The van der Waals surface area contributed by atoms with Crippen molar-refractivity contribution < 1.29 is 14.3 Å². The number of aromatic nitrogens is 1.